The van der Waals surface area contributed by atoms with Crippen LogP contribution in [0.2, 0.25) is 0 Å². The Kier molecular flexibility index (Phi) is 51.9. The van der Waals surface area contributed by atoms with Gasteiger partial charge in [0.05, 0.1) is 0 Å². The van der Waals surface area contributed by atoms with Gasteiger partial charge in [-0.25, -0.2) is 0 Å². The topological polar surface area (TPSA) is 78.9 Å². The summed E-state index contributed by atoms with van der Waals surface area (Å²) in [4.78, 5) is 38.1. The fraction of sp³-hybridized carbons (Fsp3) is 0.689. The first-order chi connectivity index (χ1) is 33.0. The highest BCUT2D eigenvalue weighted by Gasteiger charge is 2.19. The Morgan fingerprint density at radius 3 is 1.00 bits per heavy atom. The molecule has 0 saturated heterocycles. The van der Waals surface area contributed by atoms with Gasteiger partial charge in [0.25, 0.3) is 0 Å². The van der Waals surface area contributed by atoms with Crippen LogP contribution in [0.4, 0.5) is 0 Å². The average molecular weight is 931 g/mol. The summed E-state index contributed by atoms with van der Waals surface area (Å²) in [6, 6.07) is 0. The molecular weight excluding hydrogens is 829 g/mol. The van der Waals surface area contributed by atoms with E-state index in [1.807, 2.05) is 0 Å². The molecule has 0 aliphatic carbocycles. The van der Waals surface area contributed by atoms with Crippen molar-refractivity contribution < 1.29 is 28.6 Å². The maximum absolute atomic E-state index is 12.8. The minimum absolute atomic E-state index is 0.0979. The molecule has 0 amide bonds. The van der Waals surface area contributed by atoms with Crippen LogP contribution in [0.25, 0.3) is 0 Å². The lowest BCUT2D eigenvalue weighted by Gasteiger charge is -2.18. The first kappa shape index (κ1) is 63.3. The molecule has 0 aliphatic heterocycles. The van der Waals surface area contributed by atoms with Gasteiger partial charge in [0.1, 0.15) is 13.2 Å². The highest BCUT2D eigenvalue weighted by Crippen LogP contribution is 2.15. The van der Waals surface area contributed by atoms with Gasteiger partial charge in [-0.15, -0.1) is 0 Å². The zero-order valence-corrected chi connectivity index (χ0v) is 43.6. The van der Waals surface area contributed by atoms with Crippen LogP contribution in [-0.4, -0.2) is 37.2 Å². The second kappa shape index (κ2) is 54.9. The molecule has 0 N–H and O–H groups in total. The van der Waals surface area contributed by atoms with Crippen molar-refractivity contribution in [2.24, 2.45) is 0 Å². The van der Waals surface area contributed by atoms with E-state index in [-0.39, 0.29) is 31.1 Å². The summed E-state index contributed by atoms with van der Waals surface area (Å²) in [5, 5.41) is 0. The van der Waals surface area contributed by atoms with E-state index in [2.05, 4.69) is 118 Å². The number of hydrogen-bond acceptors (Lipinski definition) is 6. The lowest BCUT2D eigenvalue weighted by Crippen LogP contribution is -2.30. The summed E-state index contributed by atoms with van der Waals surface area (Å²) < 4.78 is 16.8. The molecule has 0 spiro atoms. The Labute approximate surface area is 413 Å². The number of ether oxygens (including phenoxy) is 3. The van der Waals surface area contributed by atoms with E-state index in [0.29, 0.717) is 19.3 Å². The van der Waals surface area contributed by atoms with E-state index >= 15 is 0 Å². The van der Waals surface area contributed by atoms with Crippen molar-refractivity contribution in [1.82, 2.24) is 0 Å². The third-order valence-electron chi connectivity index (χ3n) is 11.6. The minimum Gasteiger partial charge on any atom is -0.462 e. The van der Waals surface area contributed by atoms with Crippen molar-refractivity contribution in [3.8, 4) is 0 Å². The quantitative estimate of drug-likeness (QED) is 0.0262. The van der Waals surface area contributed by atoms with Crippen molar-refractivity contribution in [3.63, 3.8) is 0 Å². The maximum Gasteiger partial charge on any atom is 0.306 e. The second-order valence-electron chi connectivity index (χ2n) is 18.1. The molecule has 0 saturated carbocycles. The first-order valence-electron chi connectivity index (χ1n) is 27.7. The van der Waals surface area contributed by atoms with E-state index < -0.39 is 6.10 Å². The van der Waals surface area contributed by atoms with Crippen LogP contribution in [-0.2, 0) is 28.6 Å². The third kappa shape index (κ3) is 53.2. The first-order valence-corrected chi connectivity index (χ1v) is 27.7. The molecule has 0 bridgehead atoms. The molecule has 0 radical (unpaired) electrons. The lowest BCUT2D eigenvalue weighted by atomic mass is 10.0. The molecule has 0 aliphatic rings. The van der Waals surface area contributed by atoms with Crippen LogP contribution < -0.4 is 0 Å². The summed E-state index contributed by atoms with van der Waals surface area (Å²) in [5.41, 5.74) is 0. The zero-order valence-electron chi connectivity index (χ0n) is 43.6. The van der Waals surface area contributed by atoms with Crippen LogP contribution in [0.3, 0.4) is 0 Å². The van der Waals surface area contributed by atoms with Crippen LogP contribution in [0.5, 0.6) is 0 Å². The number of hydrogen-bond donors (Lipinski definition) is 0. The van der Waals surface area contributed by atoms with Gasteiger partial charge < -0.3 is 14.2 Å². The van der Waals surface area contributed by atoms with Crippen molar-refractivity contribution in [2.45, 2.75) is 258 Å². The second-order valence-corrected chi connectivity index (χ2v) is 18.1. The molecule has 0 aromatic carbocycles. The van der Waals surface area contributed by atoms with Gasteiger partial charge in [-0.2, -0.15) is 0 Å². The highest BCUT2D eigenvalue weighted by atomic mass is 16.6. The fourth-order valence-electron chi connectivity index (χ4n) is 7.42. The average Bonchev–Trinajstić information content (AvgIpc) is 3.33. The zero-order chi connectivity index (χ0) is 48.6. The van der Waals surface area contributed by atoms with Gasteiger partial charge in [0, 0.05) is 19.3 Å². The smallest absolute Gasteiger partial charge is 0.306 e. The molecule has 1 atom stereocenters. The summed E-state index contributed by atoms with van der Waals surface area (Å²) in [7, 11) is 0. The normalized spacial score (nSPS) is 12.8. The Morgan fingerprint density at radius 1 is 0.313 bits per heavy atom. The van der Waals surface area contributed by atoms with E-state index in [1.165, 1.54) is 83.5 Å². The van der Waals surface area contributed by atoms with E-state index in [0.717, 1.165) is 128 Å². The number of carbonyl (C=O) groups is 3. The van der Waals surface area contributed by atoms with Crippen LogP contribution in [0.15, 0.2) is 97.2 Å². The van der Waals surface area contributed by atoms with Gasteiger partial charge in [0.15, 0.2) is 6.10 Å². The van der Waals surface area contributed by atoms with Gasteiger partial charge in [-0.3, -0.25) is 14.4 Å². The van der Waals surface area contributed by atoms with Crippen molar-refractivity contribution in [2.75, 3.05) is 13.2 Å². The maximum atomic E-state index is 12.8. The number of carbonyl (C=O) groups excluding carboxylic acids is 3. The van der Waals surface area contributed by atoms with E-state index in [1.54, 1.807) is 0 Å². The largest absolute Gasteiger partial charge is 0.462 e. The number of rotatable bonds is 49. The Hall–Kier alpha value is -3.67. The molecule has 382 valence electrons. The summed E-state index contributed by atoms with van der Waals surface area (Å²) in [6.07, 6.45) is 72.5. The SMILES string of the molecule is CC/C=C\C/C=C\C/C=C\C/C=C\C/C=C\C/C=C\CCCCC(=O)OCC(COC(=O)CCCCCCC/C=C\C/C=C\CCC)OC(=O)CCCCCCCCCCCCCCCCC. The molecule has 0 fully saturated rings. The van der Waals surface area contributed by atoms with Gasteiger partial charge in [-0.05, 0) is 96.3 Å². The predicted octanol–water partition coefficient (Wildman–Crippen LogP) is 18.5. The molecule has 6 nitrogen and oxygen atoms in total. The van der Waals surface area contributed by atoms with Crippen molar-refractivity contribution in [1.29, 1.82) is 0 Å². The van der Waals surface area contributed by atoms with E-state index in [9.17, 15) is 14.4 Å². The Morgan fingerprint density at radius 2 is 0.612 bits per heavy atom. The lowest BCUT2D eigenvalue weighted by molar-refractivity contribution is -0.167. The number of allylic oxidation sites excluding steroid dienone is 16. The van der Waals surface area contributed by atoms with Gasteiger partial charge in [0.2, 0.25) is 0 Å². The molecule has 0 aromatic rings. The highest BCUT2D eigenvalue weighted by molar-refractivity contribution is 5.71. The number of esters is 3. The molecule has 0 heterocycles. The van der Waals surface area contributed by atoms with Gasteiger partial charge >= 0.3 is 17.9 Å². The van der Waals surface area contributed by atoms with E-state index in [4.69, 9.17) is 14.2 Å². The predicted molar refractivity (Wildman–Crippen MR) is 288 cm³/mol. The van der Waals surface area contributed by atoms with Crippen LogP contribution in [0, 0.1) is 0 Å². The van der Waals surface area contributed by atoms with Crippen molar-refractivity contribution in [3.05, 3.63) is 97.2 Å². The Balaban J connectivity index is 4.46. The third-order valence-corrected chi connectivity index (χ3v) is 11.6. The number of unbranched alkanes of at least 4 members (excludes halogenated alkanes) is 22. The molecule has 0 aromatic heterocycles. The molecule has 1 unspecified atom stereocenters. The van der Waals surface area contributed by atoms with Crippen LogP contribution in [0.1, 0.15) is 252 Å². The summed E-state index contributed by atoms with van der Waals surface area (Å²) in [6.45, 7) is 6.42. The molecule has 0 rings (SSSR count). The standard InChI is InChI=1S/C61H102O6/c1-4-7-10-13-16-19-22-25-27-28-29-30-31-32-34-36-39-42-45-48-51-54-60(63)66-57-58(56-65-59(62)53-50-47-44-41-38-35-24-21-18-15-12-9-6-3)67-61(64)55-52-49-46-43-40-37-33-26-23-20-17-14-11-8-5-2/h7,10,12,15-16,19,21,24-25,27,29-30,32,34,39,42,58H,4-6,8-9,11,13-14,17-18,20,22-23,26,28,31,33,35-38,40-41,43-57H2,1-3H3/b10-7-,15-12-,19-16-,24-21-,27-25-,30-29-,34-32-,42-39-. The molecular formula is C61H102O6. The van der Waals surface area contributed by atoms with Crippen molar-refractivity contribution >= 4 is 17.9 Å². The minimum atomic E-state index is -0.800. The Bertz CT molecular complexity index is 1350. The van der Waals surface area contributed by atoms with Crippen LogP contribution >= 0.6 is 0 Å². The molecule has 67 heavy (non-hydrogen) atoms. The monoisotopic (exact) mass is 931 g/mol. The summed E-state index contributed by atoms with van der Waals surface area (Å²) in [5.74, 6) is -0.953. The molecule has 6 heteroatoms. The fourth-order valence-corrected chi connectivity index (χ4v) is 7.42. The summed E-state index contributed by atoms with van der Waals surface area (Å²) >= 11 is 0. The van der Waals surface area contributed by atoms with Gasteiger partial charge in [-0.1, -0.05) is 234 Å².